The number of carbonyl (C=O) groups excluding carboxylic acids is 1. The molecule has 1 fully saturated rings. The molecule has 4 rings (SSSR count). The number of hydrogen-bond acceptors (Lipinski definition) is 3. The van der Waals surface area contributed by atoms with Crippen LogP contribution in [0.3, 0.4) is 0 Å². The van der Waals surface area contributed by atoms with Crippen molar-refractivity contribution >= 4 is 17.5 Å². The maximum absolute atomic E-state index is 13.4. The van der Waals surface area contributed by atoms with E-state index in [0.29, 0.717) is 29.7 Å². The molecule has 1 aliphatic heterocycles. The van der Waals surface area contributed by atoms with Gasteiger partial charge in [0.05, 0.1) is 20.3 Å². The van der Waals surface area contributed by atoms with Crippen LogP contribution in [0.1, 0.15) is 54.8 Å². The molecule has 2 aromatic carbocycles. The Morgan fingerprint density at radius 1 is 1.07 bits per heavy atom. The second-order valence-corrected chi connectivity index (χ2v) is 8.43. The second-order valence-electron chi connectivity index (χ2n) is 8.02. The summed E-state index contributed by atoms with van der Waals surface area (Å²) in [6.07, 6.45) is 6.24. The summed E-state index contributed by atoms with van der Waals surface area (Å²) in [5.74, 6) is 2.13. The molecule has 0 radical (unpaired) electrons. The van der Waals surface area contributed by atoms with Gasteiger partial charge in [0.25, 0.3) is 0 Å². The van der Waals surface area contributed by atoms with E-state index in [9.17, 15) is 4.79 Å². The highest BCUT2D eigenvalue weighted by Gasteiger charge is 2.35. The van der Waals surface area contributed by atoms with Gasteiger partial charge in [-0.05, 0) is 60.1 Å². The average molecular weight is 414 g/mol. The summed E-state index contributed by atoms with van der Waals surface area (Å²) >= 11 is 6.60. The lowest BCUT2D eigenvalue weighted by atomic mass is 9.87. The van der Waals surface area contributed by atoms with Crippen LogP contribution in [0.5, 0.6) is 11.5 Å². The second kappa shape index (κ2) is 8.66. The van der Waals surface area contributed by atoms with E-state index in [1.807, 2.05) is 41.3 Å². The molecule has 0 unspecified atom stereocenters. The SMILES string of the molecule is COc1cc2c(cc1OC)[C@@H](c1ccccc1Cl)N(C(=O)CC1CCCC1)CC2. The van der Waals surface area contributed by atoms with Crippen LogP contribution in [-0.2, 0) is 11.2 Å². The lowest BCUT2D eigenvalue weighted by Gasteiger charge is -2.39. The van der Waals surface area contributed by atoms with Gasteiger partial charge in [-0.3, -0.25) is 4.79 Å². The van der Waals surface area contributed by atoms with Crippen molar-refractivity contribution in [3.05, 3.63) is 58.1 Å². The van der Waals surface area contributed by atoms with Gasteiger partial charge in [0.15, 0.2) is 11.5 Å². The van der Waals surface area contributed by atoms with E-state index in [1.54, 1.807) is 14.2 Å². The number of rotatable bonds is 5. The Labute approximate surface area is 177 Å². The van der Waals surface area contributed by atoms with Crippen LogP contribution in [-0.4, -0.2) is 31.6 Å². The molecule has 0 N–H and O–H groups in total. The largest absolute Gasteiger partial charge is 0.493 e. The van der Waals surface area contributed by atoms with E-state index in [0.717, 1.165) is 36.1 Å². The predicted molar refractivity (Wildman–Crippen MR) is 115 cm³/mol. The minimum atomic E-state index is -0.207. The first kappa shape index (κ1) is 20.1. The van der Waals surface area contributed by atoms with Crippen LogP contribution in [0.4, 0.5) is 0 Å². The summed E-state index contributed by atoms with van der Waals surface area (Å²) in [6.45, 7) is 0.684. The molecular formula is C24H28ClNO3. The van der Waals surface area contributed by atoms with Crippen molar-refractivity contribution in [1.29, 1.82) is 0 Å². The summed E-state index contributed by atoms with van der Waals surface area (Å²) in [5.41, 5.74) is 3.21. The average Bonchev–Trinajstić information content (AvgIpc) is 3.25. The molecular weight excluding hydrogens is 386 g/mol. The Kier molecular flexibility index (Phi) is 6.00. The van der Waals surface area contributed by atoms with Crippen LogP contribution < -0.4 is 9.47 Å². The van der Waals surface area contributed by atoms with Crippen molar-refractivity contribution in [3.8, 4) is 11.5 Å². The fraction of sp³-hybridized carbons (Fsp3) is 0.458. The number of amides is 1. The molecule has 1 atom stereocenters. The highest BCUT2D eigenvalue weighted by molar-refractivity contribution is 6.31. The fourth-order valence-electron chi connectivity index (χ4n) is 4.83. The molecule has 154 valence electrons. The van der Waals surface area contributed by atoms with Gasteiger partial charge in [-0.15, -0.1) is 0 Å². The van der Waals surface area contributed by atoms with Crippen molar-refractivity contribution in [3.63, 3.8) is 0 Å². The Hall–Kier alpha value is -2.20. The molecule has 0 spiro atoms. The van der Waals surface area contributed by atoms with Crippen molar-refractivity contribution in [2.45, 2.75) is 44.6 Å². The minimum Gasteiger partial charge on any atom is -0.493 e. The van der Waals surface area contributed by atoms with E-state index in [-0.39, 0.29) is 11.9 Å². The maximum Gasteiger partial charge on any atom is 0.223 e. The topological polar surface area (TPSA) is 38.8 Å². The molecule has 1 amide bonds. The molecule has 2 aromatic rings. The van der Waals surface area contributed by atoms with Crippen LogP contribution >= 0.6 is 11.6 Å². The Bertz CT molecular complexity index is 892. The number of carbonyl (C=O) groups is 1. The lowest BCUT2D eigenvalue weighted by Crippen LogP contribution is -2.41. The van der Waals surface area contributed by atoms with Gasteiger partial charge in [0.1, 0.15) is 0 Å². The molecule has 5 heteroatoms. The summed E-state index contributed by atoms with van der Waals surface area (Å²) in [7, 11) is 3.29. The molecule has 29 heavy (non-hydrogen) atoms. The van der Waals surface area contributed by atoms with Crippen LogP contribution in [0, 0.1) is 5.92 Å². The zero-order chi connectivity index (χ0) is 20.4. The number of benzene rings is 2. The highest BCUT2D eigenvalue weighted by Crippen LogP contribution is 2.43. The first-order valence-corrected chi connectivity index (χ1v) is 10.8. The van der Waals surface area contributed by atoms with Crippen molar-refractivity contribution in [2.24, 2.45) is 5.92 Å². The molecule has 1 heterocycles. The Balaban J connectivity index is 1.77. The van der Waals surface area contributed by atoms with Crippen molar-refractivity contribution < 1.29 is 14.3 Å². The number of nitrogens with zero attached hydrogens (tertiary/aromatic N) is 1. The third kappa shape index (κ3) is 3.95. The van der Waals surface area contributed by atoms with Crippen molar-refractivity contribution in [1.82, 2.24) is 4.90 Å². The summed E-state index contributed by atoms with van der Waals surface area (Å²) in [4.78, 5) is 15.4. The van der Waals surface area contributed by atoms with Gasteiger partial charge in [0, 0.05) is 18.0 Å². The fourth-order valence-corrected chi connectivity index (χ4v) is 5.06. The zero-order valence-corrected chi connectivity index (χ0v) is 17.9. The molecule has 0 aromatic heterocycles. The molecule has 0 saturated heterocycles. The smallest absolute Gasteiger partial charge is 0.223 e. The molecule has 1 saturated carbocycles. The van der Waals surface area contributed by atoms with Gasteiger partial charge < -0.3 is 14.4 Å². The molecule has 2 aliphatic rings. The summed E-state index contributed by atoms with van der Waals surface area (Å²) in [5, 5.41) is 0.679. The number of halogens is 1. The first-order chi connectivity index (χ1) is 14.1. The van der Waals surface area contributed by atoms with Crippen LogP contribution in [0.2, 0.25) is 5.02 Å². The monoisotopic (exact) mass is 413 g/mol. The van der Waals surface area contributed by atoms with E-state index in [1.165, 1.54) is 18.4 Å². The quantitative estimate of drug-likeness (QED) is 0.657. The third-order valence-electron chi connectivity index (χ3n) is 6.33. The Morgan fingerprint density at radius 3 is 2.45 bits per heavy atom. The van der Waals surface area contributed by atoms with Gasteiger partial charge in [-0.25, -0.2) is 0 Å². The minimum absolute atomic E-state index is 0.207. The highest BCUT2D eigenvalue weighted by atomic mass is 35.5. The van der Waals surface area contributed by atoms with Gasteiger partial charge >= 0.3 is 0 Å². The van der Waals surface area contributed by atoms with E-state index < -0.39 is 0 Å². The van der Waals surface area contributed by atoms with E-state index >= 15 is 0 Å². The van der Waals surface area contributed by atoms with E-state index in [2.05, 4.69) is 0 Å². The molecule has 0 bridgehead atoms. The number of fused-ring (bicyclic) bond motifs is 1. The van der Waals surface area contributed by atoms with Crippen LogP contribution in [0.15, 0.2) is 36.4 Å². The maximum atomic E-state index is 13.4. The number of methoxy groups -OCH3 is 2. The van der Waals surface area contributed by atoms with Gasteiger partial charge in [-0.1, -0.05) is 42.6 Å². The standard InChI is InChI=1S/C24H28ClNO3/c1-28-21-14-17-11-12-26(23(27)13-16-7-3-4-8-16)24(19(17)15-22(21)29-2)18-9-5-6-10-20(18)25/h5-6,9-10,14-16,24H,3-4,7-8,11-13H2,1-2H3/t24-/m1/s1. The summed E-state index contributed by atoms with van der Waals surface area (Å²) < 4.78 is 11.1. The third-order valence-corrected chi connectivity index (χ3v) is 6.68. The molecule has 4 nitrogen and oxygen atoms in total. The normalized spacial score (nSPS) is 19.1. The first-order valence-electron chi connectivity index (χ1n) is 10.4. The number of hydrogen-bond donors (Lipinski definition) is 0. The van der Waals surface area contributed by atoms with E-state index in [4.69, 9.17) is 21.1 Å². The van der Waals surface area contributed by atoms with Gasteiger partial charge in [-0.2, -0.15) is 0 Å². The van der Waals surface area contributed by atoms with Gasteiger partial charge in [0.2, 0.25) is 5.91 Å². The summed E-state index contributed by atoms with van der Waals surface area (Å²) in [6, 6.07) is 11.7. The van der Waals surface area contributed by atoms with Crippen molar-refractivity contribution in [2.75, 3.05) is 20.8 Å². The zero-order valence-electron chi connectivity index (χ0n) is 17.1. The Morgan fingerprint density at radius 2 is 1.76 bits per heavy atom. The molecule has 1 aliphatic carbocycles. The number of ether oxygens (including phenoxy) is 2. The predicted octanol–water partition coefficient (Wildman–Crippen LogP) is 5.41. The lowest BCUT2D eigenvalue weighted by molar-refractivity contribution is -0.134. The van der Waals surface area contributed by atoms with Crippen LogP contribution in [0.25, 0.3) is 0 Å².